The molecule has 1 aromatic heterocycles. The molecule has 1 aromatic carbocycles. The van der Waals surface area contributed by atoms with Crippen LogP contribution in [0.5, 0.6) is 5.75 Å². The first kappa shape index (κ1) is 18.5. The van der Waals surface area contributed by atoms with E-state index in [1.807, 2.05) is 13.8 Å². The molecule has 9 heteroatoms. The molecule has 1 aliphatic rings. The number of aromatic amines is 1. The molecule has 2 heterocycles. The van der Waals surface area contributed by atoms with Crippen molar-refractivity contribution < 1.29 is 26.7 Å². The van der Waals surface area contributed by atoms with Crippen LogP contribution in [-0.4, -0.2) is 30.6 Å². The highest BCUT2D eigenvalue weighted by Crippen LogP contribution is 2.45. The summed E-state index contributed by atoms with van der Waals surface area (Å²) in [4.78, 5) is 15.3. The second-order valence-corrected chi connectivity index (χ2v) is 6.55. The van der Waals surface area contributed by atoms with E-state index >= 15 is 0 Å². The third-order valence-electron chi connectivity index (χ3n) is 4.46. The molecule has 142 valence electrons. The van der Waals surface area contributed by atoms with Crippen LogP contribution >= 0.6 is 0 Å². The standard InChI is InChI=1S/C17H17F5N2O2/c1-8(2)12-7-26-16-11(24(12)6-13(18)19)4-3-10-15(16)9(17(20,21)22)5-14(25)23-10/h3-5,8,12-13H,6-7H2,1-2H3,(H,23,25)/t12-/m0/s1. The second-order valence-electron chi connectivity index (χ2n) is 6.55. The van der Waals surface area contributed by atoms with Gasteiger partial charge in [0.1, 0.15) is 6.61 Å². The first-order chi connectivity index (χ1) is 12.1. The Morgan fingerprint density at radius 2 is 2.00 bits per heavy atom. The zero-order valence-corrected chi connectivity index (χ0v) is 14.0. The van der Waals surface area contributed by atoms with Gasteiger partial charge in [-0.1, -0.05) is 13.8 Å². The largest absolute Gasteiger partial charge is 0.489 e. The predicted molar refractivity (Wildman–Crippen MR) is 87.0 cm³/mol. The summed E-state index contributed by atoms with van der Waals surface area (Å²) in [5, 5.41) is -0.323. The van der Waals surface area contributed by atoms with Gasteiger partial charge in [0.2, 0.25) is 5.56 Å². The zero-order valence-electron chi connectivity index (χ0n) is 14.0. The molecule has 0 saturated carbocycles. The molecule has 0 unspecified atom stereocenters. The van der Waals surface area contributed by atoms with E-state index in [4.69, 9.17) is 4.74 Å². The number of nitrogens with one attached hydrogen (secondary N) is 1. The number of H-pyrrole nitrogens is 1. The molecule has 0 saturated heterocycles. The van der Waals surface area contributed by atoms with Gasteiger partial charge in [-0.3, -0.25) is 4.79 Å². The summed E-state index contributed by atoms with van der Waals surface area (Å²) in [5.74, 6) is -0.182. The maximum Gasteiger partial charge on any atom is 0.417 e. The van der Waals surface area contributed by atoms with Gasteiger partial charge in [0.05, 0.1) is 34.7 Å². The average Bonchev–Trinajstić information content (AvgIpc) is 2.52. The summed E-state index contributed by atoms with van der Waals surface area (Å²) in [5.41, 5.74) is -1.93. The maximum absolute atomic E-state index is 13.4. The van der Waals surface area contributed by atoms with E-state index in [1.54, 1.807) is 0 Å². The van der Waals surface area contributed by atoms with Crippen molar-refractivity contribution in [1.29, 1.82) is 0 Å². The number of benzene rings is 1. The number of ether oxygens (including phenoxy) is 1. The number of pyridine rings is 1. The number of rotatable bonds is 3. The minimum Gasteiger partial charge on any atom is -0.489 e. The number of fused-ring (bicyclic) bond motifs is 3. The van der Waals surface area contributed by atoms with Crippen LogP contribution in [0.25, 0.3) is 10.9 Å². The van der Waals surface area contributed by atoms with E-state index < -0.39 is 36.3 Å². The fraction of sp³-hybridized carbons (Fsp3) is 0.471. The van der Waals surface area contributed by atoms with E-state index in [0.29, 0.717) is 6.07 Å². The molecule has 0 fully saturated rings. The van der Waals surface area contributed by atoms with Crippen molar-refractivity contribution in [3.05, 3.63) is 34.1 Å². The lowest BCUT2D eigenvalue weighted by Crippen LogP contribution is -2.48. The summed E-state index contributed by atoms with van der Waals surface area (Å²) in [6.45, 7) is 3.02. The monoisotopic (exact) mass is 376 g/mol. The van der Waals surface area contributed by atoms with Gasteiger partial charge in [0, 0.05) is 6.07 Å². The smallest absolute Gasteiger partial charge is 0.417 e. The van der Waals surface area contributed by atoms with Crippen molar-refractivity contribution in [2.75, 3.05) is 18.1 Å². The highest BCUT2D eigenvalue weighted by molar-refractivity contribution is 5.94. The number of hydrogen-bond donors (Lipinski definition) is 1. The summed E-state index contributed by atoms with van der Waals surface area (Å²) in [6.07, 6.45) is -7.44. The molecule has 4 nitrogen and oxygen atoms in total. The summed E-state index contributed by atoms with van der Waals surface area (Å²) >= 11 is 0. The molecule has 2 aromatic rings. The Morgan fingerprint density at radius 3 is 2.58 bits per heavy atom. The van der Waals surface area contributed by atoms with Crippen LogP contribution in [-0.2, 0) is 6.18 Å². The van der Waals surface area contributed by atoms with E-state index in [1.165, 1.54) is 17.0 Å². The lowest BCUT2D eigenvalue weighted by molar-refractivity contribution is -0.136. The molecule has 1 N–H and O–H groups in total. The van der Waals surface area contributed by atoms with E-state index in [0.717, 1.165) is 0 Å². The fourth-order valence-corrected chi connectivity index (χ4v) is 3.28. The lowest BCUT2D eigenvalue weighted by Gasteiger charge is -2.41. The van der Waals surface area contributed by atoms with Crippen LogP contribution in [0.4, 0.5) is 27.6 Å². The van der Waals surface area contributed by atoms with Crippen LogP contribution in [0.1, 0.15) is 19.4 Å². The van der Waals surface area contributed by atoms with E-state index in [2.05, 4.69) is 4.98 Å². The third-order valence-corrected chi connectivity index (χ3v) is 4.46. The SMILES string of the molecule is CC(C)[C@@H]1COc2c(ccc3[nH]c(=O)cc(C(F)(F)F)c23)N1CC(F)F. The number of alkyl halides is 5. The molecule has 0 bridgehead atoms. The molecule has 0 radical (unpaired) electrons. The van der Waals surface area contributed by atoms with Crippen LogP contribution in [0.3, 0.4) is 0 Å². The topological polar surface area (TPSA) is 45.3 Å². The molecule has 3 rings (SSSR count). The van der Waals surface area contributed by atoms with Crippen molar-refractivity contribution in [3.8, 4) is 5.75 Å². The quantitative estimate of drug-likeness (QED) is 0.823. The van der Waals surface area contributed by atoms with Gasteiger partial charge in [-0.25, -0.2) is 8.78 Å². The zero-order chi connectivity index (χ0) is 19.2. The van der Waals surface area contributed by atoms with Crippen molar-refractivity contribution in [2.45, 2.75) is 32.5 Å². The first-order valence-corrected chi connectivity index (χ1v) is 8.04. The minimum absolute atomic E-state index is 0.0209. The van der Waals surface area contributed by atoms with Gasteiger partial charge in [-0.05, 0) is 18.1 Å². The highest BCUT2D eigenvalue weighted by atomic mass is 19.4. The summed E-state index contributed by atoms with van der Waals surface area (Å²) < 4.78 is 72.1. The molecular formula is C17H17F5N2O2. The maximum atomic E-state index is 13.4. The molecule has 1 atom stereocenters. The number of anilines is 1. The van der Waals surface area contributed by atoms with Gasteiger partial charge in [-0.15, -0.1) is 0 Å². The summed E-state index contributed by atoms with van der Waals surface area (Å²) in [6, 6.07) is 2.75. The highest BCUT2D eigenvalue weighted by Gasteiger charge is 2.38. The normalized spacial score (nSPS) is 17.7. The Labute approximate surface area is 145 Å². The Kier molecular flexibility index (Phi) is 4.58. The molecular weight excluding hydrogens is 359 g/mol. The van der Waals surface area contributed by atoms with Gasteiger partial charge in [-0.2, -0.15) is 13.2 Å². The lowest BCUT2D eigenvalue weighted by atomic mass is 9.98. The Morgan fingerprint density at radius 1 is 1.31 bits per heavy atom. The van der Waals surface area contributed by atoms with E-state index in [9.17, 15) is 26.7 Å². The van der Waals surface area contributed by atoms with Crippen molar-refractivity contribution in [1.82, 2.24) is 4.98 Å². The number of halogens is 5. The number of aromatic nitrogens is 1. The first-order valence-electron chi connectivity index (χ1n) is 8.04. The summed E-state index contributed by atoms with van der Waals surface area (Å²) in [7, 11) is 0. The predicted octanol–water partition coefficient (Wildman–Crippen LogP) is 4.04. The fourth-order valence-electron chi connectivity index (χ4n) is 3.28. The molecule has 1 aliphatic heterocycles. The molecule has 0 spiro atoms. The van der Waals surface area contributed by atoms with Gasteiger partial charge >= 0.3 is 6.18 Å². The second kappa shape index (κ2) is 6.44. The van der Waals surface area contributed by atoms with Crippen LogP contribution in [0.15, 0.2) is 23.0 Å². The van der Waals surface area contributed by atoms with Crippen LogP contribution < -0.4 is 15.2 Å². The Bertz CT molecular complexity index is 876. The number of nitrogens with zero attached hydrogens (tertiary/aromatic N) is 1. The van der Waals surface area contributed by atoms with Gasteiger partial charge in [0.15, 0.2) is 5.75 Å². The van der Waals surface area contributed by atoms with Crippen molar-refractivity contribution in [3.63, 3.8) is 0 Å². The van der Waals surface area contributed by atoms with Gasteiger partial charge in [0.25, 0.3) is 6.43 Å². The molecule has 0 amide bonds. The van der Waals surface area contributed by atoms with Gasteiger partial charge < -0.3 is 14.6 Å². The molecule has 26 heavy (non-hydrogen) atoms. The third kappa shape index (κ3) is 3.22. The minimum atomic E-state index is -4.78. The van der Waals surface area contributed by atoms with Crippen LogP contribution in [0, 0.1) is 5.92 Å². The van der Waals surface area contributed by atoms with E-state index in [-0.39, 0.29) is 34.9 Å². The van der Waals surface area contributed by atoms with Crippen LogP contribution in [0.2, 0.25) is 0 Å². The number of hydrogen-bond acceptors (Lipinski definition) is 3. The Hall–Kier alpha value is -2.32. The average molecular weight is 376 g/mol. The molecule has 0 aliphatic carbocycles. The van der Waals surface area contributed by atoms with Crippen molar-refractivity contribution in [2.24, 2.45) is 5.92 Å². The Balaban J connectivity index is 2.28. The van der Waals surface area contributed by atoms with Crippen molar-refractivity contribution >= 4 is 16.6 Å².